The number of carbonyl (C=O) groups is 1. The number of rotatable bonds is 5. The number of hydrogen-bond donors (Lipinski definition) is 1. The zero-order chi connectivity index (χ0) is 14.5. The Balaban J connectivity index is 2.37. The van der Waals surface area contributed by atoms with E-state index < -0.39 is 11.8 Å². The van der Waals surface area contributed by atoms with Gasteiger partial charge in [0, 0.05) is 13.1 Å². The summed E-state index contributed by atoms with van der Waals surface area (Å²) in [4.78, 5) is 13.1. The van der Waals surface area contributed by atoms with Gasteiger partial charge in [-0.3, -0.25) is 0 Å². The van der Waals surface area contributed by atoms with Gasteiger partial charge in [0.15, 0.2) is 0 Å². The number of carboxylic acid groups (broad SMARTS) is 1. The van der Waals surface area contributed by atoms with E-state index in [-0.39, 0.29) is 5.56 Å². The molecule has 0 fully saturated rings. The number of halogens is 1. The van der Waals surface area contributed by atoms with Crippen LogP contribution in [-0.4, -0.2) is 17.6 Å². The molecule has 0 aliphatic carbocycles. The minimum atomic E-state index is -1.25. The molecule has 0 saturated carbocycles. The Hall–Kier alpha value is -2.36. The van der Waals surface area contributed by atoms with Gasteiger partial charge in [-0.05, 0) is 24.6 Å². The lowest BCUT2D eigenvalue weighted by atomic mass is 10.1. The number of carboxylic acids is 1. The van der Waals surface area contributed by atoms with Gasteiger partial charge in [0.25, 0.3) is 0 Å². The highest BCUT2D eigenvalue weighted by atomic mass is 19.1. The Kier molecular flexibility index (Phi) is 4.35. The molecule has 0 saturated heterocycles. The molecule has 0 amide bonds. The largest absolute Gasteiger partial charge is 0.478 e. The normalized spacial score (nSPS) is 10.3. The van der Waals surface area contributed by atoms with Crippen LogP contribution in [0.4, 0.5) is 10.1 Å². The van der Waals surface area contributed by atoms with Crippen LogP contribution in [0.15, 0.2) is 48.5 Å². The second kappa shape index (κ2) is 6.19. The molecule has 0 unspecified atom stereocenters. The monoisotopic (exact) mass is 273 g/mol. The Morgan fingerprint density at radius 2 is 1.85 bits per heavy atom. The number of aromatic carboxylic acids is 1. The highest BCUT2D eigenvalue weighted by Gasteiger charge is 2.19. The fourth-order valence-electron chi connectivity index (χ4n) is 2.16. The number of nitrogens with zero attached hydrogens (tertiary/aromatic N) is 1. The Morgan fingerprint density at radius 3 is 2.45 bits per heavy atom. The van der Waals surface area contributed by atoms with Crippen LogP contribution in [0.3, 0.4) is 0 Å². The van der Waals surface area contributed by atoms with Crippen molar-refractivity contribution in [1.29, 1.82) is 0 Å². The van der Waals surface area contributed by atoms with Crippen molar-refractivity contribution in [2.24, 2.45) is 0 Å². The predicted octanol–water partition coefficient (Wildman–Crippen LogP) is 3.55. The molecule has 3 nitrogen and oxygen atoms in total. The number of anilines is 1. The summed E-state index contributed by atoms with van der Waals surface area (Å²) < 4.78 is 13.7. The maximum absolute atomic E-state index is 13.7. The van der Waals surface area contributed by atoms with E-state index in [2.05, 4.69) is 0 Å². The average molecular weight is 273 g/mol. The van der Waals surface area contributed by atoms with Crippen molar-refractivity contribution in [3.63, 3.8) is 0 Å². The Labute approximate surface area is 117 Å². The van der Waals surface area contributed by atoms with Crippen molar-refractivity contribution >= 4 is 11.7 Å². The Morgan fingerprint density at radius 1 is 1.15 bits per heavy atom. The van der Waals surface area contributed by atoms with Gasteiger partial charge in [-0.25, -0.2) is 9.18 Å². The molecular formula is C16H16FNO2. The number of benzene rings is 2. The number of hydrogen-bond acceptors (Lipinski definition) is 2. The van der Waals surface area contributed by atoms with Gasteiger partial charge in [0.05, 0.1) is 5.69 Å². The summed E-state index contributed by atoms with van der Waals surface area (Å²) in [6, 6.07) is 14.0. The summed E-state index contributed by atoms with van der Waals surface area (Å²) in [5.74, 6) is -1.95. The first-order valence-corrected chi connectivity index (χ1v) is 6.44. The van der Waals surface area contributed by atoms with Crippen molar-refractivity contribution in [1.82, 2.24) is 0 Å². The summed E-state index contributed by atoms with van der Waals surface area (Å²) in [7, 11) is 0. The van der Waals surface area contributed by atoms with E-state index in [1.54, 1.807) is 6.07 Å². The molecular weight excluding hydrogens is 257 g/mol. The standard InChI is InChI=1S/C16H16FNO2/c1-2-18(11-12-7-4-3-5-8-12)14-10-6-9-13(17)15(14)16(19)20/h3-10H,2,11H2,1H3,(H,19,20). The van der Waals surface area contributed by atoms with Gasteiger partial charge in [-0.15, -0.1) is 0 Å². The summed E-state index contributed by atoms with van der Waals surface area (Å²) in [5.41, 5.74) is 1.18. The van der Waals surface area contributed by atoms with E-state index in [0.717, 1.165) is 5.56 Å². The average Bonchev–Trinajstić information content (AvgIpc) is 2.45. The summed E-state index contributed by atoms with van der Waals surface area (Å²) >= 11 is 0. The minimum absolute atomic E-state index is 0.273. The third-order valence-electron chi connectivity index (χ3n) is 3.14. The maximum Gasteiger partial charge on any atom is 0.340 e. The van der Waals surface area contributed by atoms with Crippen molar-refractivity contribution in [3.8, 4) is 0 Å². The molecule has 4 heteroatoms. The van der Waals surface area contributed by atoms with Gasteiger partial charge in [0.2, 0.25) is 0 Å². The first-order valence-electron chi connectivity index (χ1n) is 6.44. The molecule has 0 aliphatic heterocycles. The lowest BCUT2D eigenvalue weighted by Crippen LogP contribution is -2.24. The molecule has 0 radical (unpaired) electrons. The van der Waals surface area contributed by atoms with Gasteiger partial charge in [0.1, 0.15) is 11.4 Å². The zero-order valence-electron chi connectivity index (χ0n) is 11.2. The molecule has 0 aliphatic rings. The van der Waals surface area contributed by atoms with Crippen LogP contribution in [0.25, 0.3) is 0 Å². The highest BCUT2D eigenvalue weighted by Crippen LogP contribution is 2.24. The van der Waals surface area contributed by atoms with Gasteiger partial charge in [-0.2, -0.15) is 0 Å². The second-order valence-corrected chi connectivity index (χ2v) is 4.44. The van der Waals surface area contributed by atoms with Crippen molar-refractivity contribution < 1.29 is 14.3 Å². The molecule has 1 N–H and O–H groups in total. The smallest absolute Gasteiger partial charge is 0.340 e. The third kappa shape index (κ3) is 2.96. The van der Waals surface area contributed by atoms with Gasteiger partial charge in [-0.1, -0.05) is 36.4 Å². The fourth-order valence-corrected chi connectivity index (χ4v) is 2.16. The molecule has 0 atom stereocenters. The van der Waals surface area contributed by atoms with Crippen LogP contribution in [0.5, 0.6) is 0 Å². The predicted molar refractivity (Wildman–Crippen MR) is 76.5 cm³/mol. The van der Waals surface area contributed by atoms with E-state index in [9.17, 15) is 14.3 Å². The van der Waals surface area contributed by atoms with Gasteiger partial charge >= 0.3 is 5.97 Å². The molecule has 20 heavy (non-hydrogen) atoms. The van der Waals surface area contributed by atoms with E-state index in [1.165, 1.54) is 12.1 Å². The summed E-state index contributed by atoms with van der Waals surface area (Å²) in [6.45, 7) is 3.05. The van der Waals surface area contributed by atoms with Crippen LogP contribution < -0.4 is 4.90 Å². The van der Waals surface area contributed by atoms with Crippen molar-refractivity contribution in [2.45, 2.75) is 13.5 Å². The molecule has 0 bridgehead atoms. The lowest BCUT2D eigenvalue weighted by molar-refractivity contribution is 0.0692. The van der Waals surface area contributed by atoms with Crippen LogP contribution in [0.1, 0.15) is 22.8 Å². The van der Waals surface area contributed by atoms with E-state index in [0.29, 0.717) is 18.8 Å². The topological polar surface area (TPSA) is 40.5 Å². The highest BCUT2D eigenvalue weighted by molar-refractivity contribution is 5.94. The lowest BCUT2D eigenvalue weighted by Gasteiger charge is -2.25. The van der Waals surface area contributed by atoms with Crippen molar-refractivity contribution in [2.75, 3.05) is 11.4 Å². The van der Waals surface area contributed by atoms with Crippen LogP contribution in [0, 0.1) is 5.82 Å². The third-order valence-corrected chi connectivity index (χ3v) is 3.14. The molecule has 2 aromatic carbocycles. The molecule has 104 valence electrons. The molecule has 0 aromatic heterocycles. The van der Waals surface area contributed by atoms with Crippen molar-refractivity contribution in [3.05, 3.63) is 65.5 Å². The summed E-state index contributed by atoms with van der Waals surface area (Å²) in [5, 5.41) is 9.19. The van der Waals surface area contributed by atoms with E-state index in [1.807, 2.05) is 42.2 Å². The first kappa shape index (κ1) is 14.1. The molecule has 0 heterocycles. The first-order chi connectivity index (χ1) is 9.63. The van der Waals surface area contributed by atoms with Gasteiger partial charge < -0.3 is 10.0 Å². The zero-order valence-corrected chi connectivity index (χ0v) is 11.2. The van der Waals surface area contributed by atoms with Crippen LogP contribution >= 0.6 is 0 Å². The SMILES string of the molecule is CCN(Cc1ccccc1)c1cccc(F)c1C(=O)O. The van der Waals surface area contributed by atoms with E-state index in [4.69, 9.17) is 0 Å². The minimum Gasteiger partial charge on any atom is -0.478 e. The van der Waals surface area contributed by atoms with E-state index >= 15 is 0 Å². The molecule has 2 rings (SSSR count). The van der Waals surface area contributed by atoms with Crippen LogP contribution in [0.2, 0.25) is 0 Å². The quantitative estimate of drug-likeness (QED) is 0.905. The maximum atomic E-state index is 13.7. The Bertz CT molecular complexity index is 599. The summed E-state index contributed by atoms with van der Waals surface area (Å²) in [6.07, 6.45) is 0. The molecule has 0 spiro atoms. The molecule has 2 aromatic rings. The fraction of sp³-hybridized carbons (Fsp3) is 0.188. The second-order valence-electron chi connectivity index (χ2n) is 4.44. The van der Waals surface area contributed by atoms with Crippen LogP contribution in [-0.2, 0) is 6.54 Å².